The van der Waals surface area contributed by atoms with Gasteiger partial charge >= 0.3 is 0 Å². The number of hydrogen-bond donors (Lipinski definition) is 1. The number of carbonyl (C=O) groups is 1. The van der Waals surface area contributed by atoms with Gasteiger partial charge in [-0.15, -0.1) is 0 Å². The third-order valence-corrected chi connectivity index (χ3v) is 3.08. The maximum Gasteiger partial charge on any atom is 0.257 e. The molecule has 2 N–H and O–H groups in total. The highest BCUT2D eigenvalue weighted by atomic mass is 16.2. The molecule has 1 aromatic rings. The predicted octanol–water partition coefficient (Wildman–Crippen LogP) is 1.66. The Bertz CT molecular complexity index is 443. The minimum absolute atomic E-state index is 0.0502. The fraction of sp³-hybridized carbons (Fsp3) is 0.643. The number of nitrogens with zero attached hydrogens (tertiary/aromatic N) is 3. The first-order valence-electron chi connectivity index (χ1n) is 6.54. The third kappa shape index (κ3) is 3.99. The van der Waals surface area contributed by atoms with Gasteiger partial charge in [-0.3, -0.25) is 4.79 Å². The smallest absolute Gasteiger partial charge is 0.257 e. The summed E-state index contributed by atoms with van der Waals surface area (Å²) < 4.78 is 0. The lowest BCUT2D eigenvalue weighted by Gasteiger charge is -2.29. The lowest BCUT2D eigenvalue weighted by molar-refractivity contribution is 0.0738. The Morgan fingerprint density at radius 1 is 1.47 bits per heavy atom. The van der Waals surface area contributed by atoms with Crippen molar-refractivity contribution in [2.75, 3.05) is 20.1 Å². The van der Waals surface area contributed by atoms with Crippen LogP contribution in [0.3, 0.4) is 0 Å². The van der Waals surface area contributed by atoms with E-state index >= 15 is 0 Å². The molecule has 1 amide bonds. The van der Waals surface area contributed by atoms with Gasteiger partial charge in [-0.25, -0.2) is 9.97 Å². The van der Waals surface area contributed by atoms with Gasteiger partial charge in [0, 0.05) is 19.8 Å². The molecule has 0 aliphatic rings. The number of rotatable bonds is 5. The molecule has 5 heteroatoms. The third-order valence-electron chi connectivity index (χ3n) is 3.08. The summed E-state index contributed by atoms with van der Waals surface area (Å²) in [6.07, 6.45) is 3.08. The molecule has 0 spiro atoms. The van der Waals surface area contributed by atoms with Crippen LogP contribution in [-0.4, -0.2) is 40.9 Å². The quantitative estimate of drug-likeness (QED) is 0.878. The first-order valence-corrected chi connectivity index (χ1v) is 6.54. The van der Waals surface area contributed by atoms with Gasteiger partial charge in [0.15, 0.2) is 0 Å². The van der Waals surface area contributed by atoms with Crippen LogP contribution in [0.15, 0.2) is 12.5 Å². The number of hydrogen-bond acceptors (Lipinski definition) is 4. The molecule has 5 nitrogen and oxygen atoms in total. The van der Waals surface area contributed by atoms with Gasteiger partial charge in [0.2, 0.25) is 0 Å². The van der Waals surface area contributed by atoms with E-state index in [4.69, 9.17) is 5.73 Å². The van der Waals surface area contributed by atoms with Crippen LogP contribution in [-0.2, 0) is 0 Å². The van der Waals surface area contributed by atoms with Crippen molar-refractivity contribution in [1.29, 1.82) is 0 Å². The van der Waals surface area contributed by atoms with Crippen LogP contribution in [0.1, 0.15) is 49.7 Å². The second-order valence-electron chi connectivity index (χ2n) is 6.01. The van der Waals surface area contributed by atoms with E-state index in [2.05, 4.69) is 9.97 Å². The van der Waals surface area contributed by atoms with Gasteiger partial charge in [0.05, 0.1) is 11.3 Å². The standard InChI is InChI=1S/C14H24N4O/c1-10(2)12-11(6-16-9-17-12)13(19)18(5)8-14(3,4)7-15/h6,9-10H,7-8,15H2,1-5H3. The Balaban J connectivity index is 2.95. The molecule has 1 rings (SSSR count). The van der Waals surface area contributed by atoms with Gasteiger partial charge in [-0.1, -0.05) is 27.7 Å². The molecule has 0 aliphatic heterocycles. The van der Waals surface area contributed by atoms with E-state index in [9.17, 15) is 4.79 Å². The van der Waals surface area contributed by atoms with E-state index in [0.29, 0.717) is 18.7 Å². The van der Waals surface area contributed by atoms with E-state index in [0.717, 1.165) is 5.69 Å². The molecule has 0 fully saturated rings. The van der Waals surface area contributed by atoms with Crippen molar-refractivity contribution >= 4 is 5.91 Å². The summed E-state index contributed by atoms with van der Waals surface area (Å²) in [5.41, 5.74) is 6.98. The van der Waals surface area contributed by atoms with Gasteiger partial charge in [-0.2, -0.15) is 0 Å². The first-order chi connectivity index (χ1) is 8.78. The summed E-state index contributed by atoms with van der Waals surface area (Å²) in [6, 6.07) is 0. The summed E-state index contributed by atoms with van der Waals surface area (Å²) in [5, 5.41) is 0. The predicted molar refractivity (Wildman–Crippen MR) is 75.9 cm³/mol. The van der Waals surface area contributed by atoms with Crippen LogP contribution in [0.4, 0.5) is 0 Å². The fourth-order valence-corrected chi connectivity index (χ4v) is 1.95. The Kier molecular flexibility index (Phi) is 5.00. The summed E-state index contributed by atoms with van der Waals surface area (Å²) in [6.45, 7) is 9.26. The highest BCUT2D eigenvalue weighted by molar-refractivity contribution is 5.95. The Morgan fingerprint density at radius 2 is 2.11 bits per heavy atom. The Morgan fingerprint density at radius 3 is 2.63 bits per heavy atom. The molecule has 106 valence electrons. The van der Waals surface area contributed by atoms with Crippen molar-refractivity contribution in [2.45, 2.75) is 33.6 Å². The molecular weight excluding hydrogens is 240 g/mol. The molecule has 19 heavy (non-hydrogen) atoms. The fourth-order valence-electron chi connectivity index (χ4n) is 1.95. The zero-order chi connectivity index (χ0) is 14.6. The van der Waals surface area contributed by atoms with Crippen LogP contribution >= 0.6 is 0 Å². The molecule has 0 atom stereocenters. The summed E-state index contributed by atoms with van der Waals surface area (Å²) in [4.78, 5) is 22.3. The van der Waals surface area contributed by atoms with Crippen molar-refractivity contribution in [1.82, 2.24) is 14.9 Å². The lowest BCUT2D eigenvalue weighted by Crippen LogP contribution is -2.40. The van der Waals surface area contributed by atoms with E-state index in [1.165, 1.54) is 6.33 Å². The molecule has 0 aromatic carbocycles. The maximum atomic E-state index is 12.5. The topological polar surface area (TPSA) is 72.1 Å². The van der Waals surface area contributed by atoms with Crippen molar-refractivity contribution in [3.05, 3.63) is 23.8 Å². The van der Waals surface area contributed by atoms with Gasteiger partial charge in [0.1, 0.15) is 6.33 Å². The maximum absolute atomic E-state index is 12.5. The monoisotopic (exact) mass is 264 g/mol. The van der Waals surface area contributed by atoms with Crippen LogP contribution in [0.25, 0.3) is 0 Å². The first kappa shape index (κ1) is 15.6. The SMILES string of the molecule is CC(C)c1ncncc1C(=O)N(C)CC(C)(C)CN. The van der Waals surface area contributed by atoms with E-state index < -0.39 is 0 Å². The normalized spacial score (nSPS) is 11.7. The van der Waals surface area contributed by atoms with Crippen LogP contribution < -0.4 is 5.73 Å². The van der Waals surface area contributed by atoms with Crippen molar-refractivity contribution in [3.8, 4) is 0 Å². The minimum Gasteiger partial charge on any atom is -0.341 e. The van der Waals surface area contributed by atoms with Crippen molar-refractivity contribution in [3.63, 3.8) is 0 Å². The molecule has 0 unspecified atom stereocenters. The average Bonchev–Trinajstić information content (AvgIpc) is 2.37. The zero-order valence-electron chi connectivity index (χ0n) is 12.5. The van der Waals surface area contributed by atoms with Gasteiger partial charge < -0.3 is 10.6 Å². The summed E-state index contributed by atoms with van der Waals surface area (Å²) >= 11 is 0. The highest BCUT2D eigenvalue weighted by Gasteiger charge is 2.24. The van der Waals surface area contributed by atoms with E-state index in [-0.39, 0.29) is 17.2 Å². The Labute approximate surface area is 115 Å². The van der Waals surface area contributed by atoms with Crippen LogP contribution in [0.5, 0.6) is 0 Å². The number of amides is 1. The lowest BCUT2D eigenvalue weighted by atomic mass is 9.93. The van der Waals surface area contributed by atoms with Crippen molar-refractivity contribution in [2.24, 2.45) is 11.1 Å². The average molecular weight is 264 g/mol. The molecule has 0 aliphatic carbocycles. The molecule has 0 saturated heterocycles. The van der Waals surface area contributed by atoms with Crippen LogP contribution in [0, 0.1) is 5.41 Å². The van der Waals surface area contributed by atoms with Crippen molar-refractivity contribution < 1.29 is 4.79 Å². The Hall–Kier alpha value is -1.49. The van der Waals surface area contributed by atoms with Gasteiger partial charge in [0.25, 0.3) is 5.91 Å². The van der Waals surface area contributed by atoms with E-state index in [1.54, 1.807) is 18.1 Å². The largest absolute Gasteiger partial charge is 0.341 e. The minimum atomic E-state index is -0.0992. The second kappa shape index (κ2) is 6.10. The summed E-state index contributed by atoms with van der Waals surface area (Å²) in [5.74, 6) is 0.142. The molecule has 0 saturated carbocycles. The molecule has 0 radical (unpaired) electrons. The molecule has 1 aromatic heterocycles. The second-order valence-corrected chi connectivity index (χ2v) is 6.01. The van der Waals surface area contributed by atoms with Gasteiger partial charge in [-0.05, 0) is 17.9 Å². The molecular formula is C14H24N4O. The number of nitrogens with two attached hydrogens (primary N) is 1. The zero-order valence-corrected chi connectivity index (χ0v) is 12.5. The van der Waals surface area contributed by atoms with E-state index in [1.807, 2.05) is 27.7 Å². The summed E-state index contributed by atoms with van der Waals surface area (Å²) in [7, 11) is 1.79. The highest BCUT2D eigenvalue weighted by Crippen LogP contribution is 2.19. The number of aromatic nitrogens is 2. The molecule has 1 heterocycles. The molecule has 0 bridgehead atoms. The number of carbonyl (C=O) groups excluding carboxylic acids is 1. The van der Waals surface area contributed by atoms with Crippen LogP contribution in [0.2, 0.25) is 0 Å².